The first-order valence-electron chi connectivity index (χ1n) is 8.42. The molecule has 1 heterocycles. The van der Waals surface area contributed by atoms with E-state index in [1.54, 1.807) is 7.11 Å². The number of alkyl halides is 3. The molecule has 0 radical (unpaired) electrons. The van der Waals surface area contributed by atoms with Crippen molar-refractivity contribution in [2.75, 3.05) is 45.2 Å². The van der Waals surface area contributed by atoms with Crippen LogP contribution in [0, 0.1) is 11.7 Å². The first kappa shape index (κ1) is 20.4. The third kappa shape index (κ3) is 6.14. The van der Waals surface area contributed by atoms with Gasteiger partial charge in [-0.2, -0.15) is 13.2 Å². The molecule has 0 aliphatic carbocycles. The highest BCUT2D eigenvalue weighted by atomic mass is 19.4. The van der Waals surface area contributed by atoms with Gasteiger partial charge < -0.3 is 20.3 Å². The molecule has 0 saturated carbocycles. The Hall–Kier alpha value is -1.87. The first-order chi connectivity index (χ1) is 12.3. The molecule has 1 fully saturated rings. The lowest BCUT2D eigenvalue weighted by Gasteiger charge is -2.32. The molecule has 1 aromatic rings. The number of anilines is 1. The number of rotatable bonds is 6. The van der Waals surface area contributed by atoms with Crippen LogP contribution >= 0.6 is 0 Å². The molecule has 5 nitrogen and oxygen atoms in total. The van der Waals surface area contributed by atoms with Crippen molar-refractivity contribution in [2.45, 2.75) is 19.0 Å². The quantitative estimate of drug-likeness (QED) is 0.748. The molecule has 2 N–H and O–H groups in total. The van der Waals surface area contributed by atoms with E-state index >= 15 is 0 Å². The highest BCUT2D eigenvalue weighted by Crippen LogP contribution is 2.31. The predicted octanol–water partition coefficient (Wildman–Crippen LogP) is 3.32. The van der Waals surface area contributed by atoms with Gasteiger partial charge in [0.15, 0.2) is 0 Å². The Balaban J connectivity index is 1.85. The summed E-state index contributed by atoms with van der Waals surface area (Å²) in [6.45, 7) is 3.60. The minimum Gasteiger partial charge on any atom is -0.383 e. The summed E-state index contributed by atoms with van der Waals surface area (Å²) < 4.78 is 56.8. The summed E-state index contributed by atoms with van der Waals surface area (Å²) in [6.07, 6.45) is -2.66. The summed E-state index contributed by atoms with van der Waals surface area (Å²) in [4.78, 5) is 14.2. The van der Waals surface area contributed by atoms with E-state index in [-0.39, 0.29) is 5.92 Å². The largest absolute Gasteiger partial charge is 0.416 e. The fraction of sp³-hybridized carbons (Fsp3) is 0.588. The van der Waals surface area contributed by atoms with Gasteiger partial charge in [0.25, 0.3) is 0 Å². The van der Waals surface area contributed by atoms with Gasteiger partial charge in [-0.05, 0) is 43.5 Å². The van der Waals surface area contributed by atoms with Crippen LogP contribution in [0.3, 0.4) is 0 Å². The van der Waals surface area contributed by atoms with Crippen molar-refractivity contribution in [3.63, 3.8) is 0 Å². The number of hydrogen-bond donors (Lipinski definition) is 2. The topological polar surface area (TPSA) is 53.6 Å². The lowest BCUT2D eigenvalue weighted by Crippen LogP contribution is -2.42. The van der Waals surface area contributed by atoms with Gasteiger partial charge in [0.1, 0.15) is 5.82 Å². The highest BCUT2D eigenvalue weighted by Gasteiger charge is 2.31. The maximum absolute atomic E-state index is 13.7. The maximum atomic E-state index is 13.7. The van der Waals surface area contributed by atoms with Crippen LogP contribution in [0.5, 0.6) is 0 Å². The number of amides is 2. The van der Waals surface area contributed by atoms with Gasteiger partial charge in [-0.25, -0.2) is 9.18 Å². The number of hydrogen-bond acceptors (Lipinski definition) is 3. The molecule has 2 amide bonds. The van der Waals surface area contributed by atoms with Gasteiger partial charge >= 0.3 is 12.2 Å². The summed E-state index contributed by atoms with van der Waals surface area (Å²) >= 11 is 0. The van der Waals surface area contributed by atoms with Crippen molar-refractivity contribution in [2.24, 2.45) is 5.92 Å². The molecule has 0 unspecified atom stereocenters. The Kier molecular flexibility index (Phi) is 7.22. The molecule has 0 spiro atoms. The minimum absolute atomic E-state index is 0.234. The predicted molar refractivity (Wildman–Crippen MR) is 89.5 cm³/mol. The number of urea groups is 1. The fourth-order valence-electron chi connectivity index (χ4n) is 2.94. The van der Waals surface area contributed by atoms with Crippen LogP contribution in [0.2, 0.25) is 0 Å². The fourth-order valence-corrected chi connectivity index (χ4v) is 2.94. The van der Waals surface area contributed by atoms with Crippen LogP contribution in [0.15, 0.2) is 18.2 Å². The number of halogens is 4. The van der Waals surface area contributed by atoms with Gasteiger partial charge in [-0.15, -0.1) is 0 Å². The molecule has 1 aliphatic heterocycles. The number of carbonyl (C=O) groups is 1. The van der Waals surface area contributed by atoms with Gasteiger partial charge in [0.2, 0.25) is 0 Å². The molecule has 146 valence electrons. The van der Waals surface area contributed by atoms with Crippen LogP contribution < -0.4 is 10.6 Å². The number of nitrogens with one attached hydrogen (secondary N) is 2. The normalized spacial score (nSPS) is 18.6. The number of piperidine rings is 1. The van der Waals surface area contributed by atoms with Gasteiger partial charge in [-0.1, -0.05) is 0 Å². The van der Waals surface area contributed by atoms with Crippen molar-refractivity contribution in [1.82, 2.24) is 10.2 Å². The van der Waals surface area contributed by atoms with Crippen LogP contribution in [0.1, 0.15) is 18.4 Å². The smallest absolute Gasteiger partial charge is 0.383 e. The Morgan fingerprint density at radius 2 is 2.15 bits per heavy atom. The summed E-state index contributed by atoms with van der Waals surface area (Å²) in [5.74, 6) is -0.686. The number of carbonyl (C=O) groups excluding carboxylic acids is 1. The van der Waals surface area contributed by atoms with Crippen molar-refractivity contribution in [1.29, 1.82) is 0 Å². The van der Waals surface area contributed by atoms with Gasteiger partial charge in [0.05, 0.1) is 17.9 Å². The molecule has 2 rings (SSSR count). The zero-order chi connectivity index (χ0) is 19.2. The zero-order valence-corrected chi connectivity index (χ0v) is 14.5. The molecule has 0 aromatic heterocycles. The lowest BCUT2D eigenvalue weighted by molar-refractivity contribution is -0.137. The zero-order valence-electron chi connectivity index (χ0n) is 14.5. The van der Waals surface area contributed by atoms with Crippen molar-refractivity contribution in [3.8, 4) is 0 Å². The Morgan fingerprint density at radius 1 is 1.38 bits per heavy atom. The average molecular weight is 377 g/mol. The molecule has 1 atom stereocenters. The van der Waals surface area contributed by atoms with Gasteiger partial charge in [0, 0.05) is 26.7 Å². The third-order valence-corrected chi connectivity index (χ3v) is 4.31. The Labute approximate surface area is 149 Å². The second-order valence-corrected chi connectivity index (χ2v) is 6.33. The van der Waals surface area contributed by atoms with E-state index in [9.17, 15) is 22.4 Å². The molecular weight excluding hydrogens is 354 g/mol. The molecule has 26 heavy (non-hydrogen) atoms. The standard InChI is InChI=1S/C17H23F4N3O2/c1-26-8-7-24-6-2-3-12(11-24)10-22-16(25)23-15-9-13(17(19,20)21)4-5-14(15)18/h4-5,9,12H,2-3,6-8,10-11H2,1H3,(H2,22,23,25)/t12-/m1/s1. The highest BCUT2D eigenvalue weighted by molar-refractivity contribution is 5.89. The minimum atomic E-state index is -4.60. The van der Waals surface area contributed by atoms with Gasteiger partial charge in [-0.3, -0.25) is 0 Å². The van der Waals surface area contributed by atoms with Crippen LogP contribution in [0.25, 0.3) is 0 Å². The van der Waals surface area contributed by atoms with Crippen LogP contribution in [0.4, 0.5) is 28.0 Å². The van der Waals surface area contributed by atoms with E-state index in [0.29, 0.717) is 31.4 Å². The molecule has 9 heteroatoms. The Bertz CT molecular complexity index is 610. The van der Waals surface area contributed by atoms with E-state index in [2.05, 4.69) is 15.5 Å². The lowest BCUT2D eigenvalue weighted by atomic mass is 9.98. The second-order valence-electron chi connectivity index (χ2n) is 6.33. The number of benzene rings is 1. The number of likely N-dealkylation sites (tertiary alicyclic amines) is 1. The van der Waals surface area contributed by atoms with Crippen molar-refractivity contribution >= 4 is 11.7 Å². The molecule has 1 aromatic carbocycles. The molecule has 0 bridgehead atoms. The SMILES string of the molecule is COCCN1CCC[C@H](CNC(=O)Nc2cc(C(F)(F)F)ccc2F)C1. The average Bonchev–Trinajstić information content (AvgIpc) is 2.59. The summed E-state index contributed by atoms with van der Waals surface area (Å²) in [5, 5.41) is 4.76. The van der Waals surface area contributed by atoms with E-state index < -0.39 is 29.3 Å². The molecule has 1 saturated heterocycles. The van der Waals surface area contributed by atoms with E-state index in [1.165, 1.54) is 0 Å². The number of methoxy groups -OCH3 is 1. The second kappa shape index (κ2) is 9.18. The first-order valence-corrected chi connectivity index (χ1v) is 8.42. The Morgan fingerprint density at radius 3 is 2.85 bits per heavy atom. The van der Waals surface area contributed by atoms with E-state index in [1.807, 2.05) is 0 Å². The monoisotopic (exact) mass is 377 g/mol. The third-order valence-electron chi connectivity index (χ3n) is 4.31. The number of ether oxygens (including phenoxy) is 1. The molecule has 1 aliphatic rings. The van der Waals surface area contributed by atoms with Crippen molar-refractivity contribution < 1.29 is 27.1 Å². The van der Waals surface area contributed by atoms with E-state index in [4.69, 9.17) is 4.74 Å². The summed E-state index contributed by atoms with van der Waals surface area (Å²) in [5.41, 5.74) is -1.52. The van der Waals surface area contributed by atoms with Crippen LogP contribution in [-0.2, 0) is 10.9 Å². The summed E-state index contributed by atoms with van der Waals surface area (Å²) in [7, 11) is 1.64. The number of nitrogens with zero attached hydrogens (tertiary/aromatic N) is 1. The van der Waals surface area contributed by atoms with E-state index in [0.717, 1.165) is 32.5 Å². The van der Waals surface area contributed by atoms with Crippen LogP contribution in [-0.4, -0.2) is 50.8 Å². The summed E-state index contributed by atoms with van der Waals surface area (Å²) in [6, 6.07) is 1.18. The molecular formula is C17H23F4N3O2. The maximum Gasteiger partial charge on any atom is 0.416 e. The van der Waals surface area contributed by atoms with Crippen molar-refractivity contribution in [3.05, 3.63) is 29.6 Å².